The van der Waals surface area contributed by atoms with Crippen LogP contribution in [0.25, 0.3) is 0 Å². The van der Waals surface area contributed by atoms with Crippen molar-refractivity contribution in [3.05, 3.63) is 63.2 Å². The number of benzene rings is 1. The van der Waals surface area contributed by atoms with Crippen LogP contribution in [-0.2, 0) is 24.0 Å². The highest BCUT2D eigenvalue weighted by Crippen LogP contribution is 2.55. The van der Waals surface area contributed by atoms with Crippen molar-refractivity contribution in [2.45, 2.75) is 51.4 Å². The van der Waals surface area contributed by atoms with Crippen LogP contribution in [0.5, 0.6) is 5.75 Å². The number of carboxylic acids is 1. The number of unbranched alkanes of at least 4 members (excludes halogenated alkanes) is 2. The molecule has 2 amide bonds. The lowest BCUT2D eigenvalue weighted by molar-refractivity contribution is -0.141. The van der Waals surface area contributed by atoms with E-state index in [2.05, 4.69) is 0 Å². The number of phenolic OH excluding ortho intramolecular Hbond substituents is 1. The number of halogens is 1. The fraction of sp³-hybridized carbons (Fsp3) is 0.414. The van der Waals surface area contributed by atoms with Crippen LogP contribution in [0.15, 0.2) is 52.6 Å². The summed E-state index contributed by atoms with van der Waals surface area (Å²) < 4.78 is 0. The molecule has 198 valence electrons. The molecule has 9 heteroatoms. The summed E-state index contributed by atoms with van der Waals surface area (Å²) >= 11 is 6.54. The molecule has 1 aromatic rings. The number of ketones is 2. The Morgan fingerprint density at radius 2 is 1.84 bits per heavy atom. The van der Waals surface area contributed by atoms with Gasteiger partial charge in [-0.3, -0.25) is 28.9 Å². The van der Waals surface area contributed by atoms with Crippen LogP contribution in [0.1, 0.15) is 56.9 Å². The predicted octanol–water partition coefficient (Wildman–Crippen LogP) is 4.12. The van der Waals surface area contributed by atoms with Gasteiger partial charge in [0.1, 0.15) is 5.75 Å². The number of Topliss-reactive ketones (excluding diaryl/α,β-unsaturated/α-hetero) is 1. The fourth-order valence-electron chi connectivity index (χ4n) is 6.50. The highest BCUT2D eigenvalue weighted by atomic mass is 35.5. The molecule has 1 aromatic carbocycles. The van der Waals surface area contributed by atoms with E-state index in [0.717, 1.165) is 5.57 Å². The monoisotopic (exact) mass is 537 g/mol. The normalized spacial score (nSPS) is 26.6. The first-order valence-corrected chi connectivity index (χ1v) is 13.2. The summed E-state index contributed by atoms with van der Waals surface area (Å²) in [6.07, 6.45) is 5.42. The summed E-state index contributed by atoms with van der Waals surface area (Å²) in [5.41, 5.74) is 2.41. The van der Waals surface area contributed by atoms with Crippen molar-refractivity contribution in [2.75, 3.05) is 6.54 Å². The van der Waals surface area contributed by atoms with E-state index < -0.39 is 29.6 Å². The Labute approximate surface area is 224 Å². The van der Waals surface area contributed by atoms with E-state index in [4.69, 9.17) is 16.7 Å². The lowest BCUT2D eigenvalue weighted by Crippen LogP contribution is -2.40. The SMILES string of the molecule is CC1=CC(=O)C2=C(C[C@@H]3C(=CC[C@@H]4C(=O)N(CCCCCC(=O)O)C(=O)[C@@H]43)[C@@H]2c2ccc(O)cc2Cl)C1=O. The van der Waals surface area contributed by atoms with Crippen molar-refractivity contribution < 1.29 is 34.2 Å². The number of allylic oxidation sites excluding steroid dienone is 6. The first-order valence-electron chi connectivity index (χ1n) is 12.9. The lowest BCUT2D eigenvalue weighted by atomic mass is 9.59. The maximum absolute atomic E-state index is 13.6. The maximum atomic E-state index is 13.6. The number of carbonyl (C=O) groups is 5. The summed E-state index contributed by atoms with van der Waals surface area (Å²) in [5, 5.41) is 19.0. The highest BCUT2D eigenvalue weighted by Gasteiger charge is 2.56. The molecule has 1 saturated heterocycles. The molecule has 0 unspecified atom stereocenters. The molecule has 3 aliphatic carbocycles. The molecule has 0 aromatic heterocycles. The van der Waals surface area contributed by atoms with E-state index in [9.17, 15) is 29.1 Å². The quantitative estimate of drug-likeness (QED) is 0.231. The van der Waals surface area contributed by atoms with Gasteiger partial charge in [0.15, 0.2) is 11.6 Å². The smallest absolute Gasteiger partial charge is 0.303 e. The number of hydrogen-bond acceptors (Lipinski definition) is 6. The van der Waals surface area contributed by atoms with Gasteiger partial charge in [-0.05, 0) is 62.3 Å². The number of rotatable bonds is 7. The van der Waals surface area contributed by atoms with Crippen LogP contribution in [0.4, 0.5) is 0 Å². The molecule has 5 rings (SSSR count). The van der Waals surface area contributed by atoms with E-state index in [0.29, 0.717) is 48.0 Å². The van der Waals surface area contributed by atoms with Gasteiger partial charge in [-0.25, -0.2) is 0 Å². The van der Waals surface area contributed by atoms with Crippen molar-refractivity contribution >= 4 is 41.0 Å². The second kappa shape index (κ2) is 9.98. The molecule has 8 nitrogen and oxygen atoms in total. The van der Waals surface area contributed by atoms with Gasteiger partial charge >= 0.3 is 5.97 Å². The minimum atomic E-state index is -0.877. The van der Waals surface area contributed by atoms with Crippen LogP contribution < -0.4 is 0 Å². The summed E-state index contributed by atoms with van der Waals surface area (Å²) in [7, 11) is 0. The third-order valence-electron chi connectivity index (χ3n) is 8.22. The molecule has 0 bridgehead atoms. The van der Waals surface area contributed by atoms with Crippen molar-refractivity contribution in [3.8, 4) is 5.75 Å². The van der Waals surface area contributed by atoms with Gasteiger partial charge in [0.25, 0.3) is 0 Å². The van der Waals surface area contributed by atoms with Gasteiger partial charge < -0.3 is 10.2 Å². The first kappa shape index (κ1) is 26.1. The average molecular weight is 538 g/mol. The third-order valence-corrected chi connectivity index (χ3v) is 8.55. The molecule has 0 radical (unpaired) electrons. The molecule has 1 heterocycles. The standard InChI is InChI=1S/C29H28ClNO7/c1-14-11-22(33)26-20(27(14)36)13-19-16(24(26)17-7-6-15(32)12-21(17)30)8-9-18-25(19)29(38)31(28(18)37)10-4-2-3-5-23(34)35/h6-8,11-12,18-19,24-25,32H,2-5,9-10,13H2,1H3,(H,34,35)/t18-,19+,24+,25-/m0/s1. The molecule has 0 spiro atoms. The van der Waals surface area contributed by atoms with Gasteiger partial charge in [0, 0.05) is 40.6 Å². The zero-order chi connectivity index (χ0) is 27.3. The number of aliphatic carboxylic acids is 1. The molecule has 0 saturated carbocycles. The van der Waals surface area contributed by atoms with Gasteiger partial charge in [-0.1, -0.05) is 35.7 Å². The van der Waals surface area contributed by atoms with Crippen molar-refractivity contribution in [1.82, 2.24) is 4.90 Å². The molecule has 38 heavy (non-hydrogen) atoms. The van der Waals surface area contributed by atoms with Crippen LogP contribution in [0.2, 0.25) is 5.02 Å². The first-order chi connectivity index (χ1) is 18.1. The van der Waals surface area contributed by atoms with Crippen LogP contribution in [0, 0.1) is 17.8 Å². The number of imide groups is 1. The number of amides is 2. The van der Waals surface area contributed by atoms with E-state index in [-0.39, 0.29) is 53.5 Å². The minimum Gasteiger partial charge on any atom is -0.508 e. The van der Waals surface area contributed by atoms with Crippen molar-refractivity contribution in [3.63, 3.8) is 0 Å². The van der Waals surface area contributed by atoms with E-state index in [1.54, 1.807) is 13.0 Å². The number of likely N-dealkylation sites (tertiary alicyclic amines) is 1. The molecule has 4 atom stereocenters. The second-order valence-electron chi connectivity index (χ2n) is 10.5. The summed E-state index contributed by atoms with van der Waals surface area (Å²) in [6, 6.07) is 4.50. The lowest BCUT2D eigenvalue weighted by Gasteiger charge is -2.42. The fourth-order valence-corrected chi connectivity index (χ4v) is 6.78. The van der Waals surface area contributed by atoms with Crippen LogP contribution >= 0.6 is 11.6 Å². The number of nitrogens with zero attached hydrogens (tertiary/aromatic N) is 1. The Balaban J connectivity index is 1.50. The van der Waals surface area contributed by atoms with E-state index in [1.165, 1.54) is 23.1 Å². The van der Waals surface area contributed by atoms with Gasteiger partial charge in [-0.15, -0.1) is 0 Å². The zero-order valence-corrected chi connectivity index (χ0v) is 21.7. The molecule has 1 fully saturated rings. The highest BCUT2D eigenvalue weighted by molar-refractivity contribution is 6.32. The Morgan fingerprint density at radius 1 is 1.08 bits per heavy atom. The largest absolute Gasteiger partial charge is 0.508 e. The summed E-state index contributed by atoms with van der Waals surface area (Å²) in [6.45, 7) is 1.82. The van der Waals surface area contributed by atoms with Crippen LogP contribution in [-0.4, -0.2) is 51.0 Å². The van der Waals surface area contributed by atoms with Gasteiger partial charge in [0.05, 0.1) is 11.8 Å². The summed E-state index contributed by atoms with van der Waals surface area (Å²) in [4.78, 5) is 65.5. The Kier molecular flexibility index (Phi) is 6.86. The Hall–Kier alpha value is -3.52. The number of phenols is 1. The van der Waals surface area contributed by atoms with E-state index in [1.807, 2.05) is 6.08 Å². The van der Waals surface area contributed by atoms with Crippen molar-refractivity contribution in [1.29, 1.82) is 0 Å². The maximum Gasteiger partial charge on any atom is 0.303 e. The zero-order valence-electron chi connectivity index (χ0n) is 20.9. The predicted molar refractivity (Wildman–Crippen MR) is 137 cm³/mol. The third kappa shape index (κ3) is 4.30. The molecule has 4 aliphatic rings. The van der Waals surface area contributed by atoms with Crippen molar-refractivity contribution in [2.24, 2.45) is 17.8 Å². The van der Waals surface area contributed by atoms with Gasteiger partial charge in [0.2, 0.25) is 11.8 Å². The minimum absolute atomic E-state index is 0.0321. The van der Waals surface area contributed by atoms with Crippen LogP contribution in [0.3, 0.4) is 0 Å². The number of carboxylic acid groups (broad SMARTS) is 1. The molecule has 2 N–H and O–H groups in total. The number of carbonyl (C=O) groups excluding carboxylic acids is 4. The summed E-state index contributed by atoms with van der Waals surface area (Å²) in [5.74, 6) is -4.25. The number of aromatic hydroxyl groups is 1. The number of fused-ring (bicyclic) bond motifs is 3. The number of hydrogen-bond donors (Lipinski definition) is 2. The van der Waals surface area contributed by atoms with Gasteiger partial charge in [-0.2, -0.15) is 0 Å². The molecular weight excluding hydrogens is 510 g/mol. The van der Waals surface area contributed by atoms with E-state index >= 15 is 0 Å². The Morgan fingerprint density at radius 3 is 2.55 bits per heavy atom. The topological polar surface area (TPSA) is 129 Å². The second-order valence-corrected chi connectivity index (χ2v) is 10.9. The molecule has 1 aliphatic heterocycles. The molecular formula is C29H28ClNO7. The average Bonchev–Trinajstić information content (AvgIpc) is 3.11. The Bertz CT molecular complexity index is 1370.